The summed E-state index contributed by atoms with van der Waals surface area (Å²) < 4.78 is 10.7. The minimum atomic E-state index is -1.06. The van der Waals surface area contributed by atoms with E-state index in [4.69, 9.17) is 9.47 Å². The van der Waals surface area contributed by atoms with E-state index in [0.717, 1.165) is 0 Å². The highest BCUT2D eigenvalue weighted by atomic mass is 16.5. The molecule has 1 heterocycles. The van der Waals surface area contributed by atoms with Crippen molar-refractivity contribution >= 4 is 5.97 Å². The summed E-state index contributed by atoms with van der Waals surface area (Å²) in [5, 5.41) is 9.26. The van der Waals surface area contributed by atoms with Gasteiger partial charge < -0.3 is 14.6 Å². The molecular formula is C15H15NO4. The van der Waals surface area contributed by atoms with Crippen molar-refractivity contribution < 1.29 is 19.4 Å². The van der Waals surface area contributed by atoms with Crippen LogP contribution in [-0.2, 0) is 0 Å². The molecule has 5 nitrogen and oxygen atoms in total. The first-order valence-corrected chi connectivity index (χ1v) is 6.04. The molecule has 5 heteroatoms. The molecule has 0 bridgehead atoms. The molecule has 1 aromatic carbocycles. The number of aromatic nitrogens is 1. The Labute approximate surface area is 116 Å². The fraction of sp³-hybridized carbons (Fsp3) is 0.200. The maximum Gasteiger partial charge on any atom is 0.341 e. The average Bonchev–Trinajstić information content (AvgIpc) is 2.38. The normalized spacial score (nSPS) is 10.2. The smallest absolute Gasteiger partial charge is 0.341 e. The molecular weight excluding hydrogens is 258 g/mol. The van der Waals surface area contributed by atoms with E-state index in [0.29, 0.717) is 22.9 Å². The van der Waals surface area contributed by atoms with E-state index >= 15 is 0 Å². The van der Waals surface area contributed by atoms with E-state index in [9.17, 15) is 9.90 Å². The lowest BCUT2D eigenvalue weighted by atomic mass is 10.1. The minimum absolute atomic E-state index is 0.0754. The second kappa shape index (κ2) is 5.61. The Balaban J connectivity index is 2.39. The van der Waals surface area contributed by atoms with Crippen LogP contribution < -0.4 is 9.47 Å². The molecule has 2 rings (SSSR count). The van der Waals surface area contributed by atoms with Crippen molar-refractivity contribution in [2.45, 2.75) is 13.8 Å². The van der Waals surface area contributed by atoms with Crippen molar-refractivity contribution in [3.05, 3.63) is 47.3 Å². The molecule has 0 atom stereocenters. The van der Waals surface area contributed by atoms with E-state index in [2.05, 4.69) is 4.98 Å². The van der Waals surface area contributed by atoms with Gasteiger partial charge in [0.05, 0.1) is 12.8 Å². The van der Waals surface area contributed by atoms with Gasteiger partial charge in [-0.3, -0.25) is 4.98 Å². The molecule has 0 saturated heterocycles. The number of pyridine rings is 1. The largest absolute Gasteiger partial charge is 0.497 e. The molecule has 0 aliphatic heterocycles. The van der Waals surface area contributed by atoms with E-state index < -0.39 is 5.97 Å². The Morgan fingerprint density at radius 1 is 1.15 bits per heavy atom. The van der Waals surface area contributed by atoms with Crippen molar-refractivity contribution in [3.63, 3.8) is 0 Å². The molecule has 20 heavy (non-hydrogen) atoms. The van der Waals surface area contributed by atoms with Crippen LogP contribution >= 0.6 is 0 Å². The van der Waals surface area contributed by atoms with Gasteiger partial charge in [-0.25, -0.2) is 4.79 Å². The van der Waals surface area contributed by atoms with Crippen LogP contribution in [0, 0.1) is 13.8 Å². The predicted octanol–water partition coefficient (Wildman–Crippen LogP) is 3.20. The molecule has 0 radical (unpaired) electrons. The maximum absolute atomic E-state index is 11.3. The number of nitrogens with zero attached hydrogens (tertiary/aromatic N) is 1. The Morgan fingerprint density at radius 2 is 1.75 bits per heavy atom. The highest BCUT2D eigenvalue weighted by Gasteiger charge is 2.17. The van der Waals surface area contributed by atoms with Gasteiger partial charge in [-0.15, -0.1) is 0 Å². The number of aryl methyl sites for hydroxylation is 2. The fourth-order valence-corrected chi connectivity index (χ4v) is 1.90. The summed E-state index contributed by atoms with van der Waals surface area (Å²) in [6.07, 6.45) is 0. The molecule has 1 N–H and O–H groups in total. The van der Waals surface area contributed by atoms with Crippen LogP contribution in [0.25, 0.3) is 0 Å². The quantitative estimate of drug-likeness (QED) is 0.926. The predicted molar refractivity (Wildman–Crippen MR) is 73.7 cm³/mol. The molecule has 2 aromatic rings. The van der Waals surface area contributed by atoms with Gasteiger partial charge in [0.1, 0.15) is 22.8 Å². The molecule has 0 aliphatic rings. The van der Waals surface area contributed by atoms with Crippen LogP contribution in [0.3, 0.4) is 0 Å². The number of hydrogen-bond acceptors (Lipinski definition) is 4. The lowest BCUT2D eigenvalue weighted by Crippen LogP contribution is -2.06. The Bertz CT molecular complexity index is 635. The zero-order valence-electron chi connectivity index (χ0n) is 11.5. The summed E-state index contributed by atoms with van der Waals surface area (Å²) in [5.74, 6) is 0.474. The molecule has 104 valence electrons. The first-order valence-electron chi connectivity index (χ1n) is 6.04. The fourth-order valence-electron chi connectivity index (χ4n) is 1.90. The van der Waals surface area contributed by atoms with Gasteiger partial charge in [-0.1, -0.05) is 0 Å². The van der Waals surface area contributed by atoms with Gasteiger partial charge in [0.2, 0.25) is 0 Å². The molecule has 0 spiro atoms. The number of carboxylic acids is 1. The number of rotatable bonds is 4. The highest BCUT2D eigenvalue weighted by molar-refractivity contribution is 5.92. The maximum atomic E-state index is 11.3. The molecule has 0 fully saturated rings. The van der Waals surface area contributed by atoms with Gasteiger partial charge in [0, 0.05) is 11.8 Å². The number of ether oxygens (including phenoxy) is 2. The molecule has 0 saturated carbocycles. The average molecular weight is 273 g/mol. The third-order valence-electron chi connectivity index (χ3n) is 2.79. The van der Waals surface area contributed by atoms with Crippen LogP contribution in [0.1, 0.15) is 21.7 Å². The van der Waals surface area contributed by atoms with Crippen LogP contribution in [0.15, 0.2) is 30.3 Å². The van der Waals surface area contributed by atoms with Crippen LogP contribution in [0.2, 0.25) is 0 Å². The second-order valence-corrected chi connectivity index (χ2v) is 4.30. The summed E-state index contributed by atoms with van der Waals surface area (Å²) in [6, 6.07) is 8.54. The van der Waals surface area contributed by atoms with Gasteiger partial charge in [0.15, 0.2) is 0 Å². The number of hydrogen-bond donors (Lipinski definition) is 1. The summed E-state index contributed by atoms with van der Waals surface area (Å²) in [7, 11) is 1.58. The SMILES string of the molecule is COc1ccc(Oc2cc(C)nc(C)c2C(=O)O)cc1. The first kappa shape index (κ1) is 13.9. The third-order valence-corrected chi connectivity index (χ3v) is 2.79. The number of aromatic carboxylic acids is 1. The minimum Gasteiger partial charge on any atom is -0.497 e. The molecule has 1 aromatic heterocycles. The summed E-state index contributed by atoms with van der Waals surface area (Å²) in [6.45, 7) is 3.44. The second-order valence-electron chi connectivity index (χ2n) is 4.30. The van der Waals surface area contributed by atoms with E-state index in [1.54, 1.807) is 51.3 Å². The van der Waals surface area contributed by atoms with Crippen molar-refractivity contribution in [3.8, 4) is 17.2 Å². The van der Waals surface area contributed by atoms with E-state index in [1.807, 2.05) is 0 Å². The van der Waals surface area contributed by atoms with Crippen molar-refractivity contribution in [2.24, 2.45) is 0 Å². The van der Waals surface area contributed by atoms with Crippen LogP contribution in [0.5, 0.6) is 17.2 Å². The topological polar surface area (TPSA) is 68.7 Å². The van der Waals surface area contributed by atoms with E-state index in [-0.39, 0.29) is 11.3 Å². The number of carbonyl (C=O) groups is 1. The Morgan fingerprint density at radius 3 is 2.30 bits per heavy atom. The third kappa shape index (κ3) is 2.88. The molecule has 0 unspecified atom stereocenters. The standard InChI is InChI=1S/C15H15NO4/c1-9-8-13(14(15(17)18)10(2)16-9)20-12-6-4-11(19-3)5-7-12/h4-8H,1-3H3,(H,17,18). The zero-order valence-corrected chi connectivity index (χ0v) is 11.5. The molecule has 0 aliphatic carbocycles. The Kier molecular flexibility index (Phi) is 3.89. The Hall–Kier alpha value is -2.56. The van der Waals surface area contributed by atoms with Gasteiger partial charge >= 0.3 is 5.97 Å². The van der Waals surface area contributed by atoms with Crippen molar-refractivity contribution in [1.82, 2.24) is 4.98 Å². The molecule has 0 amide bonds. The van der Waals surface area contributed by atoms with Crippen LogP contribution in [-0.4, -0.2) is 23.2 Å². The summed E-state index contributed by atoms with van der Waals surface area (Å²) in [5.41, 5.74) is 1.21. The first-order chi connectivity index (χ1) is 9.51. The monoisotopic (exact) mass is 273 g/mol. The lowest BCUT2D eigenvalue weighted by Gasteiger charge is -2.11. The van der Waals surface area contributed by atoms with E-state index in [1.165, 1.54) is 0 Å². The van der Waals surface area contributed by atoms with Gasteiger partial charge in [-0.05, 0) is 38.1 Å². The van der Waals surface area contributed by atoms with Gasteiger partial charge in [-0.2, -0.15) is 0 Å². The number of benzene rings is 1. The van der Waals surface area contributed by atoms with Crippen molar-refractivity contribution in [2.75, 3.05) is 7.11 Å². The lowest BCUT2D eigenvalue weighted by molar-refractivity contribution is 0.0692. The van der Waals surface area contributed by atoms with Crippen molar-refractivity contribution in [1.29, 1.82) is 0 Å². The van der Waals surface area contributed by atoms with Gasteiger partial charge in [0.25, 0.3) is 0 Å². The number of carboxylic acid groups (broad SMARTS) is 1. The highest BCUT2D eigenvalue weighted by Crippen LogP contribution is 2.28. The zero-order chi connectivity index (χ0) is 14.7. The van der Waals surface area contributed by atoms with Crippen LogP contribution in [0.4, 0.5) is 0 Å². The number of methoxy groups -OCH3 is 1. The summed E-state index contributed by atoms with van der Waals surface area (Å²) >= 11 is 0. The summed E-state index contributed by atoms with van der Waals surface area (Å²) in [4.78, 5) is 15.4.